The summed E-state index contributed by atoms with van der Waals surface area (Å²) in [7, 11) is 0. The van der Waals surface area contributed by atoms with Gasteiger partial charge < -0.3 is 10.3 Å². The highest BCUT2D eigenvalue weighted by molar-refractivity contribution is 5.76. The minimum absolute atomic E-state index is 0.220. The number of aromatic nitrogens is 2. The Balaban J connectivity index is 2.09. The van der Waals surface area contributed by atoms with Crippen molar-refractivity contribution in [2.75, 3.05) is 6.54 Å². The number of imidazole rings is 1. The zero-order valence-electron chi connectivity index (χ0n) is 11.5. The largest absolute Gasteiger partial charge is 0.330 e. The molecule has 0 bridgehead atoms. The topological polar surface area (TPSA) is 43.8 Å². The first kappa shape index (κ1) is 14.0. The van der Waals surface area contributed by atoms with Crippen LogP contribution in [0.4, 0.5) is 4.39 Å². The van der Waals surface area contributed by atoms with E-state index in [4.69, 9.17) is 5.73 Å². The Bertz CT molecular complexity index is 533. The molecular formula is C15H22FN3. The summed E-state index contributed by atoms with van der Waals surface area (Å²) in [5.74, 6) is 0.846. The highest BCUT2D eigenvalue weighted by atomic mass is 19.1. The molecule has 2 aromatic rings. The summed E-state index contributed by atoms with van der Waals surface area (Å²) < 4.78 is 15.4. The van der Waals surface area contributed by atoms with Gasteiger partial charge in [0.1, 0.15) is 11.6 Å². The van der Waals surface area contributed by atoms with Crippen LogP contribution in [0.1, 0.15) is 38.4 Å². The molecular weight excluding hydrogens is 241 g/mol. The quantitative estimate of drug-likeness (QED) is 0.779. The van der Waals surface area contributed by atoms with Gasteiger partial charge >= 0.3 is 0 Å². The minimum Gasteiger partial charge on any atom is -0.330 e. The second-order valence-corrected chi connectivity index (χ2v) is 4.86. The van der Waals surface area contributed by atoms with Crippen molar-refractivity contribution in [2.45, 2.75) is 45.6 Å². The van der Waals surface area contributed by atoms with Crippen LogP contribution in [0.2, 0.25) is 0 Å². The summed E-state index contributed by atoms with van der Waals surface area (Å²) in [5, 5.41) is 0. The Hall–Kier alpha value is -1.42. The molecule has 0 fully saturated rings. The predicted octanol–water partition coefficient (Wildman–Crippen LogP) is 3.26. The van der Waals surface area contributed by atoms with Crippen LogP contribution in [0.5, 0.6) is 0 Å². The maximum Gasteiger partial charge on any atom is 0.125 e. The van der Waals surface area contributed by atoms with Crippen molar-refractivity contribution in [1.29, 1.82) is 0 Å². The van der Waals surface area contributed by atoms with Crippen LogP contribution in [0.3, 0.4) is 0 Å². The molecule has 3 nitrogen and oxygen atoms in total. The number of benzene rings is 1. The summed E-state index contributed by atoms with van der Waals surface area (Å²) in [6, 6.07) is 4.83. The molecule has 19 heavy (non-hydrogen) atoms. The number of rotatable bonds is 7. The van der Waals surface area contributed by atoms with Gasteiger partial charge in [-0.1, -0.05) is 12.8 Å². The molecule has 0 unspecified atom stereocenters. The van der Waals surface area contributed by atoms with Crippen molar-refractivity contribution < 1.29 is 4.39 Å². The molecule has 0 radical (unpaired) electrons. The molecule has 1 heterocycles. The van der Waals surface area contributed by atoms with E-state index in [1.807, 2.05) is 6.07 Å². The third-order valence-corrected chi connectivity index (χ3v) is 3.46. The van der Waals surface area contributed by atoms with Crippen LogP contribution in [0.25, 0.3) is 11.0 Å². The summed E-state index contributed by atoms with van der Waals surface area (Å²) in [6.45, 7) is 3.75. The van der Waals surface area contributed by atoms with Crippen LogP contribution in [-0.2, 0) is 13.0 Å². The maximum atomic E-state index is 13.2. The Morgan fingerprint density at radius 2 is 2.00 bits per heavy atom. The van der Waals surface area contributed by atoms with Crippen molar-refractivity contribution in [3.63, 3.8) is 0 Å². The van der Waals surface area contributed by atoms with E-state index in [0.717, 1.165) is 49.2 Å². The van der Waals surface area contributed by atoms with Crippen LogP contribution in [0.15, 0.2) is 18.2 Å². The molecule has 0 saturated carbocycles. The highest BCUT2D eigenvalue weighted by Crippen LogP contribution is 2.19. The molecule has 2 rings (SSSR count). The third-order valence-electron chi connectivity index (χ3n) is 3.46. The van der Waals surface area contributed by atoms with E-state index >= 15 is 0 Å². The van der Waals surface area contributed by atoms with Gasteiger partial charge in [0, 0.05) is 19.0 Å². The van der Waals surface area contributed by atoms with Crippen LogP contribution in [-0.4, -0.2) is 16.1 Å². The zero-order chi connectivity index (χ0) is 13.7. The van der Waals surface area contributed by atoms with E-state index < -0.39 is 0 Å². The minimum atomic E-state index is -0.220. The van der Waals surface area contributed by atoms with E-state index in [1.165, 1.54) is 25.0 Å². The molecule has 1 aromatic heterocycles. The maximum absolute atomic E-state index is 13.2. The van der Waals surface area contributed by atoms with Gasteiger partial charge in [0.2, 0.25) is 0 Å². The number of nitrogens with zero attached hydrogens (tertiary/aromatic N) is 2. The SMILES string of the molecule is CCn1c(CCCCCCN)nc2cc(F)ccc21. The van der Waals surface area contributed by atoms with Crippen molar-refractivity contribution in [2.24, 2.45) is 5.73 Å². The van der Waals surface area contributed by atoms with Crippen LogP contribution >= 0.6 is 0 Å². The lowest BCUT2D eigenvalue weighted by Gasteiger charge is -2.05. The van der Waals surface area contributed by atoms with Gasteiger partial charge in [-0.3, -0.25) is 0 Å². The van der Waals surface area contributed by atoms with Crippen molar-refractivity contribution in [1.82, 2.24) is 9.55 Å². The van der Waals surface area contributed by atoms with E-state index in [1.54, 1.807) is 0 Å². The van der Waals surface area contributed by atoms with Gasteiger partial charge in [0.25, 0.3) is 0 Å². The van der Waals surface area contributed by atoms with Crippen molar-refractivity contribution in [3.8, 4) is 0 Å². The number of fused-ring (bicyclic) bond motifs is 1. The first-order chi connectivity index (χ1) is 9.26. The van der Waals surface area contributed by atoms with Gasteiger partial charge in [-0.05, 0) is 38.4 Å². The lowest BCUT2D eigenvalue weighted by atomic mass is 10.1. The van der Waals surface area contributed by atoms with Crippen LogP contribution < -0.4 is 5.73 Å². The average Bonchev–Trinajstić information content (AvgIpc) is 2.75. The summed E-state index contributed by atoms with van der Waals surface area (Å²) in [6.07, 6.45) is 5.52. The van der Waals surface area contributed by atoms with Gasteiger partial charge in [0.15, 0.2) is 0 Å². The normalized spacial score (nSPS) is 11.3. The number of nitrogens with two attached hydrogens (primary N) is 1. The Labute approximate surface area is 113 Å². The Morgan fingerprint density at radius 3 is 2.74 bits per heavy atom. The first-order valence-corrected chi connectivity index (χ1v) is 7.11. The fourth-order valence-electron chi connectivity index (χ4n) is 2.48. The molecule has 0 saturated heterocycles. The second kappa shape index (κ2) is 6.66. The fraction of sp³-hybridized carbons (Fsp3) is 0.533. The zero-order valence-corrected chi connectivity index (χ0v) is 11.5. The van der Waals surface area contributed by atoms with E-state index in [-0.39, 0.29) is 5.82 Å². The number of hydrogen-bond acceptors (Lipinski definition) is 2. The molecule has 104 valence electrons. The molecule has 4 heteroatoms. The Kier molecular flexibility index (Phi) is 4.91. The molecule has 0 aliphatic heterocycles. The van der Waals surface area contributed by atoms with E-state index in [2.05, 4.69) is 16.5 Å². The third kappa shape index (κ3) is 3.32. The van der Waals surface area contributed by atoms with Crippen LogP contribution in [0, 0.1) is 5.82 Å². The predicted molar refractivity (Wildman–Crippen MR) is 76.6 cm³/mol. The van der Waals surface area contributed by atoms with Gasteiger partial charge in [-0.25, -0.2) is 9.37 Å². The van der Waals surface area contributed by atoms with Crippen molar-refractivity contribution in [3.05, 3.63) is 29.8 Å². The fourth-order valence-corrected chi connectivity index (χ4v) is 2.48. The standard InChI is InChI=1S/C15H22FN3/c1-2-19-14-9-8-12(16)11-13(14)18-15(19)7-5-3-4-6-10-17/h8-9,11H,2-7,10,17H2,1H3. The lowest BCUT2D eigenvalue weighted by molar-refractivity contribution is 0.616. The molecule has 1 aromatic carbocycles. The molecule has 0 amide bonds. The first-order valence-electron chi connectivity index (χ1n) is 7.11. The number of unbranched alkanes of at least 4 members (excludes halogenated alkanes) is 3. The highest BCUT2D eigenvalue weighted by Gasteiger charge is 2.09. The average molecular weight is 263 g/mol. The lowest BCUT2D eigenvalue weighted by Crippen LogP contribution is -2.02. The molecule has 2 N–H and O–H groups in total. The van der Waals surface area contributed by atoms with Gasteiger partial charge in [-0.15, -0.1) is 0 Å². The molecule has 0 spiro atoms. The van der Waals surface area contributed by atoms with Crippen molar-refractivity contribution >= 4 is 11.0 Å². The second-order valence-electron chi connectivity index (χ2n) is 4.86. The summed E-state index contributed by atoms with van der Waals surface area (Å²) in [4.78, 5) is 4.56. The number of aryl methyl sites for hydroxylation is 2. The number of hydrogen-bond donors (Lipinski definition) is 1. The Morgan fingerprint density at radius 1 is 1.21 bits per heavy atom. The van der Waals surface area contributed by atoms with E-state index in [9.17, 15) is 4.39 Å². The van der Waals surface area contributed by atoms with Gasteiger partial charge in [0.05, 0.1) is 11.0 Å². The van der Waals surface area contributed by atoms with Gasteiger partial charge in [-0.2, -0.15) is 0 Å². The van der Waals surface area contributed by atoms with E-state index in [0.29, 0.717) is 0 Å². The summed E-state index contributed by atoms with van der Waals surface area (Å²) >= 11 is 0. The smallest absolute Gasteiger partial charge is 0.125 e. The molecule has 0 atom stereocenters. The number of halogens is 1. The molecule has 0 aliphatic carbocycles. The summed E-state index contributed by atoms with van der Waals surface area (Å²) in [5.41, 5.74) is 7.27. The monoisotopic (exact) mass is 263 g/mol. The molecule has 0 aliphatic rings.